The monoisotopic (exact) mass is 305 g/mol. The van der Waals surface area contributed by atoms with Gasteiger partial charge in [-0.15, -0.1) is 0 Å². The lowest BCUT2D eigenvalue weighted by molar-refractivity contribution is 0.0719. The second-order valence-electron chi connectivity index (χ2n) is 3.52. The lowest BCUT2D eigenvalue weighted by Gasteiger charge is -2.07. The first-order chi connectivity index (χ1) is 8.24. The number of halogens is 2. The predicted molar refractivity (Wildman–Crippen MR) is 68.5 cm³/mol. The lowest BCUT2D eigenvalue weighted by Crippen LogP contribution is -2.20. The van der Waals surface area contributed by atoms with Gasteiger partial charge in [0.05, 0.1) is 19.8 Å². The standard InChI is InChI=1S/C12H17BrFNO2/c1-16-6-7-17-5-4-15-9-10-8-11(13)2-3-12(10)14/h2-3,8,15H,4-7,9H2,1H3. The maximum atomic E-state index is 13.3. The van der Waals surface area contributed by atoms with Crippen molar-refractivity contribution in [2.75, 3.05) is 33.5 Å². The van der Waals surface area contributed by atoms with E-state index < -0.39 is 0 Å². The molecule has 0 saturated carbocycles. The van der Waals surface area contributed by atoms with E-state index in [1.54, 1.807) is 19.2 Å². The van der Waals surface area contributed by atoms with E-state index >= 15 is 0 Å². The zero-order valence-electron chi connectivity index (χ0n) is 9.84. The largest absolute Gasteiger partial charge is 0.382 e. The highest BCUT2D eigenvalue weighted by molar-refractivity contribution is 9.10. The van der Waals surface area contributed by atoms with Gasteiger partial charge in [-0.1, -0.05) is 15.9 Å². The van der Waals surface area contributed by atoms with Crippen LogP contribution in [-0.2, 0) is 16.0 Å². The number of hydrogen-bond acceptors (Lipinski definition) is 3. The SMILES string of the molecule is COCCOCCNCc1cc(Br)ccc1F. The van der Waals surface area contributed by atoms with Crippen LogP contribution in [0.2, 0.25) is 0 Å². The van der Waals surface area contributed by atoms with E-state index in [0.29, 0.717) is 38.5 Å². The van der Waals surface area contributed by atoms with Gasteiger partial charge in [0.25, 0.3) is 0 Å². The van der Waals surface area contributed by atoms with Gasteiger partial charge in [-0.05, 0) is 18.2 Å². The van der Waals surface area contributed by atoms with Crippen molar-refractivity contribution < 1.29 is 13.9 Å². The molecule has 0 aliphatic carbocycles. The van der Waals surface area contributed by atoms with E-state index in [2.05, 4.69) is 21.2 Å². The van der Waals surface area contributed by atoms with Crippen LogP contribution in [0.5, 0.6) is 0 Å². The van der Waals surface area contributed by atoms with E-state index in [4.69, 9.17) is 9.47 Å². The zero-order chi connectivity index (χ0) is 12.5. The fourth-order valence-electron chi connectivity index (χ4n) is 1.29. The van der Waals surface area contributed by atoms with Crippen molar-refractivity contribution >= 4 is 15.9 Å². The molecule has 0 amide bonds. The molecule has 0 unspecified atom stereocenters. The Hall–Kier alpha value is -0.490. The molecular formula is C12H17BrFNO2. The molecule has 0 bridgehead atoms. The Morgan fingerprint density at radius 3 is 2.88 bits per heavy atom. The normalized spacial score (nSPS) is 10.8. The summed E-state index contributed by atoms with van der Waals surface area (Å²) in [5.74, 6) is -0.194. The number of methoxy groups -OCH3 is 1. The predicted octanol–water partition coefficient (Wildman–Crippen LogP) is 2.34. The van der Waals surface area contributed by atoms with Gasteiger partial charge in [-0.3, -0.25) is 0 Å². The summed E-state index contributed by atoms with van der Waals surface area (Å²) in [7, 11) is 1.64. The van der Waals surface area contributed by atoms with E-state index in [0.717, 1.165) is 4.47 Å². The third-order valence-electron chi connectivity index (χ3n) is 2.18. The average molecular weight is 306 g/mol. The molecule has 1 aromatic rings. The summed E-state index contributed by atoms with van der Waals surface area (Å²) in [6.07, 6.45) is 0. The average Bonchev–Trinajstić information content (AvgIpc) is 2.32. The van der Waals surface area contributed by atoms with E-state index in [1.807, 2.05) is 0 Å². The van der Waals surface area contributed by atoms with Crippen LogP contribution in [0.15, 0.2) is 22.7 Å². The van der Waals surface area contributed by atoms with Crippen molar-refractivity contribution in [1.29, 1.82) is 0 Å². The molecule has 0 saturated heterocycles. The minimum absolute atomic E-state index is 0.194. The molecule has 3 nitrogen and oxygen atoms in total. The summed E-state index contributed by atoms with van der Waals surface area (Å²) in [6, 6.07) is 4.91. The third-order valence-corrected chi connectivity index (χ3v) is 2.67. The van der Waals surface area contributed by atoms with Gasteiger partial charge in [0, 0.05) is 30.2 Å². The van der Waals surface area contributed by atoms with Gasteiger partial charge in [0.2, 0.25) is 0 Å². The Kier molecular flexibility index (Phi) is 7.35. The second kappa shape index (κ2) is 8.58. The first-order valence-corrected chi connectivity index (χ1v) is 6.24. The fraction of sp³-hybridized carbons (Fsp3) is 0.500. The molecule has 5 heteroatoms. The van der Waals surface area contributed by atoms with Crippen LogP contribution in [0.3, 0.4) is 0 Å². The number of hydrogen-bond donors (Lipinski definition) is 1. The first kappa shape index (κ1) is 14.6. The fourth-order valence-corrected chi connectivity index (χ4v) is 1.70. The minimum atomic E-state index is -0.194. The summed E-state index contributed by atoms with van der Waals surface area (Å²) < 4.78 is 24.3. The van der Waals surface area contributed by atoms with Crippen LogP contribution < -0.4 is 5.32 Å². The number of nitrogens with one attached hydrogen (secondary N) is 1. The van der Waals surface area contributed by atoms with Crippen LogP contribution >= 0.6 is 15.9 Å². The van der Waals surface area contributed by atoms with Gasteiger partial charge < -0.3 is 14.8 Å². The highest BCUT2D eigenvalue weighted by atomic mass is 79.9. The van der Waals surface area contributed by atoms with Crippen molar-refractivity contribution in [3.05, 3.63) is 34.1 Å². The summed E-state index contributed by atoms with van der Waals surface area (Å²) in [4.78, 5) is 0. The smallest absolute Gasteiger partial charge is 0.127 e. The molecule has 0 radical (unpaired) electrons. The molecule has 0 spiro atoms. The van der Waals surface area contributed by atoms with Gasteiger partial charge in [0.15, 0.2) is 0 Å². The molecule has 0 atom stereocenters. The molecule has 0 aromatic heterocycles. The third kappa shape index (κ3) is 6.12. The zero-order valence-corrected chi connectivity index (χ0v) is 11.4. The first-order valence-electron chi connectivity index (χ1n) is 5.45. The Labute approximate surface area is 109 Å². The van der Waals surface area contributed by atoms with E-state index in [9.17, 15) is 4.39 Å². The van der Waals surface area contributed by atoms with Gasteiger partial charge in [-0.25, -0.2) is 4.39 Å². The summed E-state index contributed by atoms with van der Waals surface area (Å²) in [5, 5.41) is 3.12. The highest BCUT2D eigenvalue weighted by Gasteiger charge is 2.01. The number of ether oxygens (including phenoxy) is 2. The Morgan fingerprint density at radius 1 is 1.29 bits per heavy atom. The van der Waals surface area contributed by atoms with Crippen molar-refractivity contribution in [3.8, 4) is 0 Å². The molecule has 96 valence electrons. The molecule has 17 heavy (non-hydrogen) atoms. The maximum Gasteiger partial charge on any atom is 0.127 e. The number of rotatable bonds is 8. The van der Waals surface area contributed by atoms with Crippen molar-refractivity contribution in [1.82, 2.24) is 5.32 Å². The van der Waals surface area contributed by atoms with Crippen molar-refractivity contribution in [2.24, 2.45) is 0 Å². The Balaban J connectivity index is 2.15. The van der Waals surface area contributed by atoms with Crippen LogP contribution in [0.1, 0.15) is 5.56 Å². The van der Waals surface area contributed by atoms with Gasteiger partial charge >= 0.3 is 0 Å². The van der Waals surface area contributed by atoms with Gasteiger partial charge in [-0.2, -0.15) is 0 Å². The summed E-state index contributed by atoms with van der Waals surface area (Å²) in [5.41, 5.74) is 0.649. The molecule has 1 aromatic carbocycles. The van der Waals surface area contributed by atoms with Crippen LogP contribution in [0, 0.1) is 5.82 Å². The van der Waals surface area contributed by atoms with Crippen LogP contribution in [0.4, 0.5) is 4.39 Å². The van der Waals surface area contributed by atoms with Crippen LogP contribution in [0.25, 0.3) is 0 Å². The molecule has 0 aliphatic rings. The van der Waals surface area contributed by atoms with Gasteiger partial charge in [0.1, 0.15) is 5.82 Å². The molecule has 0 fully saturated rings. The molecule has 1 N–H and O–H groups in total. The highest BCUT2D eigenvalue weighted by Crippen LogP contribution is 2.15. The topological polar surface area (TPSA) is 30.5 Å². The molecule has 0 heterocycles. The van der Waals surface area contributed by atoms with Crippen molar-refractivity contribution in [2.45, 2.75) is 6.54 Å². The Morgan fingerprint density at radius 2 is 2.12 bits per heavy atom. The summed E-state index contributed by atoms with van der Waals surface area (Å²) in [6.45, 7) is 2.97. The maximum absolute atomic E-state index is 13.3. The summed E-state index contributed by atoms with van der Waals surface area (Å²) >= 11 is 3.31. The molecule has 1 rings (SSSR count). The van der Waals surface area contributed by atoms with Crippen LogP contribution in [-0.4, -0.2) is 33.5 Å². The van der Waals surface area contributed by atoms with Crippen molar-refractivity contribution in [3.63, 3.8) is 0 Å². The Bertz CT molecular complexity index is 336. The lowest BCUT2D eigenvalue weighted by atomic mass is 10.2. The quantitative estimate of drug-likeness (QED) is 0.748. The molecule has 0 aliphatic heterocycles. The number of benzene rings is 1. The minimum Gasteiger partial charge on any atom is -0.382 e. The van der Waals surface area contributed by atoms with E-state index in [1.165, 1.54) is 6.07 Å². The molecular weight excluding hydrogens is 289 g/mol. The van der Waals surface area contributed by atoms with E-state index in [-0.39, 0.29) is 5.82 Å². The second-order valence-corrected chi connectivity index (χ2v) is 4.43.